The van der Waals surface area contributed by atoms with Gasteiger partial charge in [-0.3, -0.25) is 4.79 Å². The number of nitrogens with one attached hydrogen (secondary N) is 2. The van der Waals surface area contributed by atoms with Crippen LogP contribution in [0.2, 0.25) is 0 Å². The predicted octanol–water partition coefficient (Wildman–Crippen LogP) is 4.02. The van der Waals surface area contributed by atoms with Crippen LogP contribution in [0.1, 0.15) is 41.7 Å². The van der Waals surface area contributed by atoms with E-state index in [1.165, 1.54) is 12.7 Å². The summed E-state index contributed by atoms with van der Waals surface area (Å²) in [7, 11) is 1.36. The van der Waals surface area contributed by atoms with E-state index < -0.39 is 5.97 Å². The number of fused-ring (bicyclic) bond motifs is 1. The molecule has 2 aliphatic heterocycles. The molecule has 0 spiro atoms. The molecule has 2 saturated heterocycles. The van der Waals surface area contributed by atoms with Crippen LogP contribution in [0, 0.1) is 5.92 Å². The fourth-order valence-corrected chi connectivity index (χ4v) is 5.09. The summed E-state index contributed by atoms with van der Waals surface area (Å²) in [5.74, 6) is -0.915. The Bertz CT molecular complexity index is 1230. The minimum Gasteiger partial charge on any atom is -0.464 e. The van der Waals surface area contributed by atoms with Gasteiger partial charge >= 0.3 is 5.97 Å². The molecule has 0 unspecified atom stereocenters. The Morgan fingerprint density at radius 3 is 2.62 bits per heavy atom. The van der Waals surface area contributed by atoms with E-state index in [1.807, 2.05) is 28.8 Å². The second kappa shape index (κ2) is 11.7. The lowest BCUT2D eigenvalue weighted by atomic mass is 10.1. The minimum atomic E-state index is -0.505. The number of aromatic nitrogens is 2. The van der Waals surface area contributed by atoms with Gasteiger partial charge in [0.1, 0.15) is 5.65 Å². The third-order valence-corrected chi connectivity index (χ3v) is 7.11. The molecule has 1 aromatic carbocycles. The molecule has 2 aliphatic rings. The van der Waals surface area contributed by atoms with E-state index in [-0.39, 0.29) is 17.9 Å². The zero-order valence-electron chi connectivity index (χ0n) is 21.2. The van der Waals surface area contributed by atoms with Crippen molar-refractivity contribution in [3.8, 4) is 0 Å². The van der Waals surface area contributed by atoms with Gasteiger partial charge in [-0.2, -0.15) is 0 Å². The number of amides is 1. The fraction of sp³-hybridized carbons (Fsp3) is 0.464. The highest BCUT2D eigenvalue weighted by molar-refractivity contribution is 6.11. The monoisotopic (exact) mass is 506 g/mol. The molecule has 196 valence electrons. The molecule has 0 radical (unpaired) electrons. The molecular formula is C28H34N4O5. The third-order valence-electron chi connectivity index (χ3n) is 7.11. The van der Waals surface area contributed by atoms with Crippen LogP contribution in [-0.4, -0.2) is 61.0 Å². The molecule has 2 fully saturated rings. The largest absolute Gasteiger partial charge is 0.464 e. The van der Waals surface area contributed by atoms with Gasteiger partial charge in [-0.1, -0.05) is 30.3 Å². The molecule has 3 aromatic rings. The van der Waals surface area contributed by atoms with Crippen LogP contribution in [0.5, 0.6) is 0 Å². The highest BCUT2D eigenvalue weighted by Gasteiger charge is 2.30. The van der Waals surface area contributed by atoms with E-state index in [1.54, 1.807) is 6.20 Å². The average Bonchev–Trinajstić information content (AvgIpc) is 3.57. The SMILES string of the molecule is COC(=O)c1c(NC(=O)[C@@H]2CCOC2)c2cc(NC3CCOCC3)cnc2n1CCCc1ccccc1. The standard InChI is InChI=1S/C28H34N4O5/c1-35-28(34)25-24(31-27(33)20-9-13-37-18-20)23-16-22(30-21-10-14-36-15-11-21)17-29-26(23)32(25)12-5-8-19-6-3-2-4-7-19/h2-4,6-7,16-17,20-21,30H,5,8-15,18H2,1H3,(H,31,33)/t20-/m1/s1. The Kier molecular flexibility index (Phi) is 8.01. The Morgan fingerprint density at radius 2 is 1.89 bits per heavy atom. The number of aryl methyl sites for hydroxylation is 2. The Labute approximate surface area is 216 Å². The number of carbonyl (C=O) groups excluding carboxylic acids is 2. The Morgan fingerprint density at radius 1 is 1.11 bits per heavy atom. The van der Waals surface area contributed by atoms with E-state index in [4.69, 9.17) is 19.2 Å². The summed E-state index contributed by atoms with van der Waals surface area (Å²) >= 11 is 0. The lowest BCUT2D eigenvalue weighted by Gasteiger charge is -2.24. The number of hydrogen-bond donors (Lipinski definition) is 2. The van der Waals surface area contributed by atoms with Crippen molar-refractivity contribution in [1.29, 1.82) is 0 Å². The molecule has 0 aliphatic carbocycles. The van der Waals surface area contributed by atoms with Crippen molar-refractivity contribution in [2.45, 2.75) is 44.7 Å². The van der Waals surface area contributed by atoms with Crippen molar-refractivity contribution in [2.24, 2.45) is 5.92 Å². The topological polar surface area (TPSA) is 104 Å². The van der Waals surface area contributed by atoms with Crippen LogP contribution in [0.4, 0.5) is 11.4 Å². The van der Waals surface area contributed by atoms with Crippen LogP contribution in [0.15, 0.2) is 42.6 Å². The quantitative estimate of drug-likeness (QED) is 0.423. The van der Waals surface area contributed by atoms with E-state index in [0.29, 0.717) is 48.6 Å². The first-order chi connectivity index (χ1) is 18.1. The summed E-state index contributed by atoms with van der Waals surface area (Å²) < 4.78 is 18.0. The maximum atomic E-state index is 13.1. The number of ether oxygens (including phenoxy) is 3. The van der Waals surface area contributed by atoms with Crippen molar-refractivity contribution >= 4 is 34.3 Å². The molecule has 1 amide bonds. The number of rotatable bonds is 9. The predicted molar refractivity (Wildman–Crippen MR) is 141 cm³/mol. The average molecular weight is 507 g/mol. The van der Waals surface area contributed by atoms with Crippen LogP contribution >= 0.6 is 0 Å². The number of esters is 1. The van der Waals surface area contributed by atoms with Gasteiger partial charge in [0.2, 0.25) is 5.91 Å². The number of methoxy groups -OCH3 is 1. The van der Waals surface area contributed by atoms with Crippen LogP contribution in [0.25, 0.3) is 11.0 Å². The third kappa shape index (κ3) is 5.78. The summed E-state index contributed by atoms with van der Waals surface area (Å²) in [5.41, 5.74) is 3.47. The van der Waals surface area contributed by atoms with Gasteiger partial charge in [-0.15, -0.1) is 0 Å². The normalized spacial score (nSPS) is 18.1. The van der Waals surface area contributed by atoms with E-state index in [2.05, 4.69) is 22.8 Å². The highest BCUT2D eigenvalue weighted by Crippen LogP contribution is 2.34. The lowest BCUT2D eigenvalue weighted by Crippen LogP contribution is -2.27. The van der Waals surface area contributed by atoms with Gasteiger partial charge in [0.15, 0.2) is 5.69 Å². The number of nitrogens with zero attached hydrogens (tertiary/aromatic N) is 2. The van der Waals surface area contributed by atoms with Crippen molar-refractivity contribution in [3.63, 3.8) is 0 Å². The Balaban J connectivity index is 1.50. The number of pyridine rings is 1. The van der Waals surface area contributed by atoms with Gasteiger partial charge in [-0.25, -0.2) is 9.78 Å². The number of carbonyl (C=O) groups is 2. The van der Waals surface area contributed by atoms with Gasteiger partial charge < -0.3 is 29.4 Å². The number of benzene rings is 1. The first-order valence-electron chi connectivity index (χ1n) is 13.0. The molecule has 0 saturated carbocycles. The second-order valence-electron chi connectivity index (χ2n) is 9.63. The van der Waals surface area contributed by atoms with Crippen molar-refractivity contribution in [3.05, 3.63) is 53.9 Å². The smallest absolute Gasteiger partial charge is 0.356 e. The molecule has 0 bridgehead atoms. The summed E-state index contributed by atoms with van der Waals surface area (Å²) in [6, 6.07) is 12.5. The highest BCUT2D eigenvalue weighted by atomic mass is 16.5. The van der Waals surface area contributed by atoms with Crippen LogP contribution < -0.4 is 10.6 Å². The molecule has 9 nitrogen and oxygen atoms in total. The zero-order valence-corrected chi connectivity index (χ0v) is 21.2. The second-order valence-corrected chi connectivity index (χ2v) is 9.63. The first-order valence-corrected chi connectivity index (χ1v) is 13.0. The minimum absolute atomic E-state index is 0.159. The molecule has 2 aromatic heterocycles. The van der Waals surface area contributed by atoms with Gasteiger partial charge in [0.25, 0.3) is 0 Å². The fourth-order valence-electron chi connectivity index (χ4n) is 5.09. The maximum absolute atomic E-state index is 13.1. The summed E-state index contributed by atoms with van der Waals surface area (Å²) in [6.07, 6.45) is 5.93. The summed E-state index contributed by atoms with van der Waals surface area (Å²) in [6.45, 7) is 2.94. The molecular weight excluding hydrogens is 472 g/mol. The molecule has 2 N–H and O–H groups in total. The van der Waals surface area contributed by atoms with E-state index in [0.717, 1.165) is 44.6 Å². The number of hydrogen-bond acceptors (Lipinski definition) is 7. The van der Waals surface area contributed by atoms with Crippen LogP contribution in [-0.2, 0) is 32.0 Å². The van der Waals surface area contributed by atoms with Gasteiger partial charge in [0, 0.05) is 37.8 Å². The van der Waals surface area contributed by atoms with Crippen LogP contribution in [0.3, 0.4) is 0 Å². The Hall–Kier alpha value is -3.43. The lowest BCUT2D eigenvalue weighted by molar-refractivity contribution is -0.119. The molecule has 5 rings (SSSR count). The van der Waals surface area contributed by atoms with Gasteiger partial charge in [0.05, 0.1) is 37.2 Å². The maximum Gasteiger partial charge on any atom is 0.356 e. The molecule has 9 heteroatoms. The first kappa shape index (κ1) is 25.2. The van der Waals surface area contributed by atoms with Crippen molar-refractivity contribution in [2.75, 3.05) is 44.2 Å². The van der Waals surface area contributed by atoms with E-state index >= 15 is 0 Å². The number of anilines is 2. The summed E-state index contributed by atoms with van der Waals surface area (Å²) in [5, 5.41) is 7.30. The van der Waals surface area contributed by atoms with E-state index in [9.17, 15) is 9.59 Å². The van der Waals surface area contributed by atoms with Gasteiger partial charge in [-0.05, 0) is 43.7 Å². The van der Waals surface area contributed by atoms with Crippen molar-refractivity contribution in [1.82, 2.24) is 9.55 Å². The molecule has 4 heterocycles. The molecule has 1 atom stereocenters. The van der Waals surface area contributed by atoms with Crippen molar-refractivity contribution < 1.29 is 23.8 Å². The molecule has 37 heavy (non-hydrogen) atoms. The zero-order chi connectivity index (χ0) is 25.6. The summed E-state index contributed by atoms with van der Waals surface area (Å²) in [4.78, 5) is 31.0.